The van der Waals surface area contributed by atoms with Crippen LogP contribution in [0.3, 0.4) is 0 Å². The Morgan fingerprint density at radius 2 is 1.61 bits per heavy atom. The Kier molecular flexibility index (Phi) is 11.3. The van der Waals surface area contributed by atoms with Gasteiger partial charge in [-0.3, -0.25) is 0 Å². The molecule has 2 aliphatic heterocycles. The average molecular weight is 461 g/mol. The highest BCUT2D eigenvalue weighted by atomic mass is 35.5. The molecule has 0 saturated carbocycles. The van der Waals surface area contributed by atoms with Crippen LogP contribution >= 0.6 is 23.2 Å². The van der Waals surface area contributed by atoms with Gasteiger partial charge >= 0.3 is 0 Å². The van der Waals surface area contributed by atoms with E-state index in [0.29, 0.717) is 50.2 Å². The standard InChI is InChI=1S/C11H11NO2.C11H9NO2.CH2Cl2/c2*1-12-10-4-2-3-9(7-10)11-8-13-5-6-14-11;2-1-3/h2-4,7,11H,5-6,8H2;2-4,7-8H,5-6H2;1H2. The minimum atomic E-state index is -0.00884. The van der Waals surface area contributed by atoms with Crippen LogP contribution < -0.4 is 0 Å². The summed E-state index contributed by atoms with van der Waals surface area (Å²) in [6, 6.07) is 14.8. The van der Waals surface area contributed by atoms with Crippen molar-refractivity contribution in [1.29, 1.82) is 0 Å². The molecule has 1 unspecified atom stereocenters. The Morgan fingerprint density at radius 1 is 0.903 bits per heavy atom. The van der Waals surface area contributed by atoms with Crippen molar-refractivity contribution < 1.29 is 18.9 Å². The molecule has 8 heteroatoms. The first-order valence-electron chi connectivity index (χ1n) is 9.43. The third-order valence-electron chi connectivity index (χ3n) is 4.10. The Bertz CT molecular complexity index is 932. The molecular weight excluding hydrogens is 439 g/mol. The lowest BCUT2D eigenvalue weighted by Crippen LogP contribution is -2.21. The fourth-order valence-electron chi connectivity index (χ4n) is 2.72. The van der Waals surface area contributed by atoms with Crippen molar-refractivity contribution in [3.63, 3.8) is 0 Å². The van der Waals surface area contributed by atoms with Gasteiger partial charge in [-0.05, 0) is 11.6 Å². The number of hydrogen-bond acceptors (Lipinski definition) is 4. The summed E-state index contributed by atoms with van der Waals surface area (Å²) in [5.74, 6) is 0.696. The summed E-state index contributed by atoms with van der Waals surface area (Å²) in [5.41, 5.74) is 3.17. The second kappa shape index (κ2) is 14.3. The van der Waals surface area contributed by atoms with Crippen molar-refractivity contribution in [1.82, 2.24) is 0 Å². The van der Waals surface area contributed by atoms with Crippen molar-refractivity contribution in [2.45, 2.75) is 6.10 Å². The molecule has 2 aromatic carbocycles. The third kappa shape index (κ3) is 8.49. The monoisotopic (exact) mass is 460 g/mol. The lowest BCUT2D eigenvalue weighted by Gasteiger charge is -2.23. The summed E-state index contributed by atoms with van der Waals surface area (Å²) in [6.07, 6.45) is 1.58. The number of ether oxygens (including phenoxy) is 4. The zero-order valence-electron chi connectivity index (χ0n) is 16.8. The quantitative estimate of drug-likeness (QED) is 0.387. The second-order valence-electron chi connectivity index (χ2n) is 6.11. The molecule has 0 bridgehead atoms. The number of halogens is 2. The van der Waals surface area contributed by atoms with Crippen molar-refractivity contribution >= 4 is 40.3 Å². The van der Waals surface area contributed by atoms with Gasteiger partial charge in [0.1, 0.15) is 25.6 Å². The number of rotatable bonds is 2. The maximum atomic E-state index is 6.91. The Balaban J connectivity index is 0.000000196. The zero-order valence-corrected chi connectivity index (χ0v) is 18.3. The molecule has 0 radical (unpaired) electrons. The smallest absolute Gasteiger partial charge is 0.187 e. The normalized spacial score (nSPS) is 16.9. The van der Waals surface area contributed by atoms with Crippen LogP contribution in [0.2, 0.25) is 0 Å². The van der Waals surface area contributed by atoms with Crippen LogP contribution in [0.25, 0.3) is 15.4 Å². The van der Waals surface area contributed by atoms with Gasteiger partial charge < -0.3 is 18.9 Å². The molecule has 0 N–H and O–H groups in total. The minimum Gasteiger partial charge on any atom is -0.494 e. The van der Waals surface area contributed by atoms with Gasteiger partial charge in [0.05, 0.1) is 38.3 Å². The Labute approximate surface area is 192 Å². The molecule has 0 amide bonds. The zero-order chi connectivity index (χ0) is 22.3. The van der Waals surface area contributed by atoms with Gasteiger partial charge in [-0.15, -0.1) is 23.2 Å². The van der Waals surface area contributed by atoms with Gasteiger partial charge in [0.2, 0.25) is 0 Å². The van der Waals surface area contributed by atoms with E-state index in [0.717, 1.165) is 11.1 Å². The minimum absolute atomic E-state index is 0.00884. The topological polar surface area (TPSA) is 45.6 Å². The Morgan fingerprint density at radius 3 is 2.23 bits per heavy atom. The largest absolute Gasteiger partial charge is 0.494 e. The van der Waals surface area contributed by atoms with Gasteiger partial charge in [0, 0.05) is 5.56 Å². The summed E-state index contributed by atoms with van der Waals surface area (Å²) in [4.78, 5) is 6.73. The summed E-state index contributed by atoms with van der Waals surface area (Å²) < 4.78 is 21.4. The molecule has 1 atom stereocenters. The first kappa shape index (κ1) is 24.5. The third-order valence-corrected chi connectivity index (χ3v) is 4.10. The molecule has 31 heavy (non-hydrogen) atoms. The fraction of sp³-hybridized carbons (Fsp3) is 0.304. The maximum Gasteiger partial charge on any atom is 0.187 e. The van der Waals surface area contributed by atoms with Gasteiger partial charge in [0.25, 0.3) is 0 Å². The molecule has 0 spiro atoms. The van der Waals surface area contributed by atoms with Crippen LogP contribution in [0.1, 0.15) is 17.2 Å². The number of benzene rings is 2. The van der Waals surface area contributed by atoms with Crippen molar-refractivity contribution in [2.75, 3.05) is 38.4 Å². The SMILES string of the molecule is ClCCl.[C-]#[N+]c1cccc(C2=COCCO2)c1.[C-]#[N+]c1cccc(C2COCCO2)c1. The summed E-state index contributed by atoms with van der Waals surface area (Å²) in [5, 5.41) is 0.194. The highest BCUT2D eigenvalue weighted by Gasteiger charge is 2.16. The van der Waals surface area contributed by atoms with Gasteiger partial charge in [0.15, 0.2) is 17.1 Å². The van der Waals surface area contributed by atoms with Crippen LogP contribution in [0.15, 0.2) is 54.8 Å². The van der Waals surface area contributed by atoms with Gasteiger partial charge in [-0.1, -0.05) is 42.5 Å². The first-order valence-corrected chi connectivity index (χ1v) is 10.5. The molecule has 162 valence electrons. The van der Waals surface area contributed by atoms with Gasteiger partial charge in [-0.2, -0.15) is 0 Å². The molecule has 6 nitrogen and oxygen atoms in total. The molecule has 1 saturated heterocycles. The van der Waals surface area contributed by atoms with Crippen molar-refractivity contribution in [3.05, 3.63) is 88.8 Å². The number of nitrogens with zero attached hydrogens (tertiary/aromatic N) is 2. The average Bonchev–Trinajstić information content (AvgIpc) is 2.86. The van der Waals surface area contributed by atoms with E-state index in [4.69, 9.17) is 55.3 Å². The summed E-state index contributed by atoms with van der Waals surface area (Å²) >= 11 is 9.53. The lowest BCUT2D eigenvalue weighted by molar-refractivity contribution is -0.0901. The van der Waals surface area contributed by atoms with E-state index in [2.05, 4.69) is 9.69 Å². The summed E-state index contributed by atoms with van der Waals surface area (Å²) in [7, 11) is 0. The van der Waals surface area contributed by atoms with Crippen molar-refractivity contribution in [2.24, 2.45) is 0 Å². The lowest BCUT2D eigenvalue weighted by atomic mass is 10.1. The first-order chi connectivity index (χ1) is 15.2. The van der Waals surface area contributed by atoms with Gasteiger partial charge in [-0.25, -0.2) is 9.69 Å². The molecule has 2 aromatic rings. The van der Waals surface area contributed by atoms with Crippen LogP contribution in [-0.4, -0.2) is 38.4 Å². The van der Waals surface area contributed by atoms with E-state index in [9.17, 15) is 0 Å². The van der Waals surface area contributed by atoms with E-state index >= 15 is 0 Å². The molecule has 0 aliphatic carbocycles. The highest BCUT2D eigenvalue weighted by molar-refractivity contribution is 6.40. The second-order valence-corrected chi connectivity index (χ2v) is 6.91. The molecular formula is C23H22Cl2N2O4. The van der Waals surface area contributed by atoms with Crippen molar-refractivity contribution in [3.8, 4) is 0 Å². The summed E-state index contributed by atoms with van der Waals surface area (Å²) in [6.45, 7) is 16.8. The molecule has 1 fully saturated rings. The van der Waals surface area contributed by atoms with E-state index in [1.54, 1.807) is 24.5 Å². The fourth-order valence-corrected chi connectivity index (χ4v) is 2.72. The van der Waals surface area contributed by atoms with Crippen LogP contribution in [0.4, 0.5) is 11.4 Å². The van der Waals surface area contributed by atoms with Crippen LogP contribution in [0, 0.1) is 13.1 Å². The molecule has 4 rings (SSSR count). The molecule has 0 aromatic heterocycles. The van der Waals surface area contributed by atoms with Crippen LogP contribution in [0.5, 0.6) is 0 Å². The predicted molar refractivity (Wildman–Crippen MR) is 121 cm³/mol. The van der Waals surface area contributed by atoms with E-state index < -0.39 is 0 Å². The highest BCUT2D eigenvalue weighted by Crippen LogP contribution is 2.24. The van der Waals surface area contributed by atoms with Crippen LogP contribution in [-0.2, 0) is 18.9 Å². The Hall–Kier alpha value is -2.74. The van der Waals surface area contributed by atoms with E-state index in [1.807, 2.05) is 30.3 Å². The number of alkyl halides is 2. The predicted octanol–water partition coefficient (Wildman–Crippen LogP) is 6.33. The number of hydrogen-bond donors (Lipinski definition) is 0. The molecule has 2 aliphatic rings. The van der Waals surface area contributed by atoms with E-state index in [-0.39, 0.29) is 11.4 Å². The maximum absolute atomic E-state index is 6.91. The van der Waals surface area contributed by atoms with E-state index in [1.165, 1.54) is 0 Å². The molecule has 2 heterocycles.